The number of carbonyl (C=O) groups excluding carboxylic acids is 5. The lowest BCUT2D eigenvalue weighted by molar-refractivity contribution is -0.137. The topological polar surface area (TPSA) is 134 Å². The van der Waals surface area contributed by atoms with Crippen LogP contribution in [-0.2, 0) is 24.0 Å². The molecule has 5 rings (SSSR count). The Labute approximate surface area is 279 Å². The van der Waals surface area contributed by atoms with Crippen molar-refractivity contribution in [1.29, 1.82) is 0 Å². The molecule has 9 nitrogen and oxygen atoms in total. The predicted molar refractivity (Wildman–Crippen MR) is 184 cm³/mol. The third kappa shape index (κ3) is 8.17. The van der Waals surface area contributed by atoms with Crippen LogP contribution in [0.5, 0.6) is 0 Å². The molecule has 1 unspecified atom stereocenters. The number of nitrogens with one attached hydrogen (secondary N) is 3. The molecule has 1 aliphatic heterocycles. The van der Waals surface area contributed by atoms with Crippen molar-refractivity contribution in [3.8, 4) is 22.4 Å². The smallest absolute Gasteiger partial charge is 0.244 e. The molecule has 1 aromatic heterocycles. The van der Waals surface area contributed by atoms with Gasteiger partial charge in [-0.3, -0.25) is 34.3 Å². The second kappa shape index (κ2) is 15.3. The standard InChI is InChI=1S/C39H38N4O5/c1-24(2)36(37(46)35-25(3)38(47)43-39(35)48)42-34(45)23-32(30-19-17-29(18-20-30)31-11-7-8-22-40-31)41-33(44)21-14-26-12-15-28(16-13-26)27-9-5-4-6-10-27/h4-22,24-25,32,35-36H,23H2,1-3H3,(H,41,44)(H,42,45)(H,43,47,48)/b21-14+/t25-,32?,35+,36-/m0/s1. The number of benzene rings is 3. The maximum Gasteiger partial charge on any atom is 0.244 e. The highest BCUT2D eigenvalue weighted by molar-refractivity contribution is 6.16. The molecule has 1 saturated heterocycles. The van der Waals surface area contributed by atoms with E-state index >= 15 is 0 Å². The number of hydrogen-bond donors (Lipinski definition) is 3. The van der Waals surface area contributed by atoms with Crippen LogP contribution in [0, 0.1) is 17.8 Å². The van der Waals surface area contributed by atoms with E-state index in [0.717, 1.165) is 27.9 Å². The summed E-state index contributed by atoms with van der Waals surface area (Å²) in [6.07, 6.45) is 4.66. The lowest BCUT2D eigenvalue weighted by Gasteiger charge is -2.26. The molecule has 1 fully saturated rings. The second-order valence-electron chi connectivity index (χ2n) is 12.2. The van der Waals surface area contributed by atoms with Gasteiger partial charge in [0.15, 0.2) is 5.78 Å². The molecule has 244 valence electrons. The van der Waals surface area contributed by atoms with Crippen LogP contribution >= 0.6 is 0 Å². The summed E-state index contributed by atoms with van der Waals surface area (Å²) in [4.78, 5) is 68.9. The largest absolute Gasteiger partial charge is 0.346 e. The van der Waals surface area contributed by atoms with Crippen molar-refractivity contribution in [3.05, 3.63) is 120 Å². The molecular formula is C39H38N4O5. The Morgan fingerprint density at radius 2 is 1.44 bits per heavy atom. The maximum absolute atomic E-state index is 13.5. The molecule has 0 radical (unpaired) electrons. The van der Waals surface area contributed by atoms with Crippen LogP contribution in [0.3, 0.4) is 0 Å². The molecule has 4 amide bonds. The molecule has 0 aliphatic carbocycles. The Morgan fingerprint density at radius 3 is 2.04 bits per heavy atom. The number of ketones is 1. The van der Waals surface area contributed by atoms with E-state index in [-0.39, 0.29) is 12.3 Å². The Hall–Kier alpha value is -5.70. The highest BCUT2D eigenvalue weighted by Gasteiger charge is 2.46. The predicted octanol–water partition coefficient (Wildman–Crippen LogP) is 5.30. The minimum absolute atomic E-state index is 0.171. The van der Waals surface area contributed by atoms with Gasteiger partial charge in [0.1, 0.15) is 5.92 Å². The van der Waals surface area contributed by atoms with E-state index < -0.39 is 53.3 Å². The van der Waals surface area contributed by atoms with Gasteiger partial charge in [0.2, 0.25) is 23.6 Å². The highest BCUT2D eigenvalue weighted by Crippen LogP contribution is 2.25. The number of imide groups is 1. The first-order chi connectivity index (χ1) is 23.1. The average Bonchev–Trinajstić information content (AvgIpc) is 3.36. The molecule has 0 spiro atoms. The molecule has 0 bridgehead atoms. The summed E-state index contributed by atoms with van der Waals surface area (Å²) in [5.74, 6) is -4.92. The number of rotatable bonds is 12. The molecule has 2 heterocycles. The number of nitrogens with zero attached hydrogens (tertiary/aromatic N) is 1. The quantitative estimate of drug-likeness (QED) is 0.109. The van der Waals surface area contributed by atoms with E-state index in [4.69, 9.17) is 0 Å². The first kappa shape index (κ1) is 33.7. The SMILES string of the molecule is CC(C)[C@H](NC(=O)CC(NC(=O)/C=C/c1ccc(-c2ccccc2)cc1)c1ccc(-c2ccccn2)cc1)C(=O)[C@@H]1C(=O)NC(=O)[C@H]1C. The summed E-state index contributed by atoms with van der Waals surface area (Å²) in [5, 5.41) is 7.92. The fourth-order valence-corrected chi connectivity index (χ4v) is 5.73. The van der Waals surface area contributed by atoms with Crippen molar-refractivity contribution >= 4 is 35.5 Å². The number of carbonyl (C=O) groups is 5. The molecular weight excluding hydrogens is 604 g/mol. The summed E-state index contributed by atoms with van der Waals surface area (Å²) < 4.78 is 0. The van der Waals surface area contributed by atoms with Gasteiger partial charge >= 0.3 is 0 Å². The van der Waals surface area contributed by atoms with Gasteiger partial charge in [0, 0.05) is 17.8 Å². The number of hydrogen-bond acceptors (Lipinski definition) is 6. The fraction of sp³-hybridized carbons (Fsp3) is 0.231. The van der Waals surface area contributed by atoms with Gasteiger partial charge in [-0.1, -0.05) is 106 Å². The molecule has 0 saturated carbocycles. The van der Waals surface area contributed by atoms with Crippen LogP contribution in [0.15, 0.2) is 109 Å². The molecule has 4 aromatic rings. The van der Waals surface area contributed by atoms with E-state index in [1.165, 1.54) is 13.0 Å². The third-order valence-electron chi connectivity index (χ3n) is 8.46. The van der Waals surface area contributed by atoms with E-state index in [9.17, 15) is 24.0 Å². The zero-order chi connectivity index (χ0) is 34.2. The van der Waals surface area contributed by atoms with Crippen LogP contribution < -0.4 is 16.0 Å². The molecule has 48 heavy (non-hydrogen) atoms. The summed E-state index contributed by atoms with van der Waals surface area (Å²) >= 11 is 0. The van der Waals surface area contributed by atoms with Crippen LogP contribution in [0.1, 0.15) is 44.4 Å². The van der Waals surface area contributed by atoms with Crippen LogP contribution in [-0.4, -0.2) is 40.4 Å². The van der Waals surface area contributed by atoms with Gasteiger partial charge < -0.3 is 10.6 Å². The van der Waals surface area contributed by atoms with E-state index in [0.29, 0.717) is 5.56 Å². The molecule has 3 N–H and O–H groups in total. The second-order valence-corrected chi connectivity index (χ2v) is 12.2. The van der Waals surface area contributed by atoms with Crippen LogP contribution in [0.4, 0.5) is 0 Å². The van der Waals surface area contributed by atoms with Gasteiger partial charge in [-0.15, -0.1) is 0 Å². The summed E-state index contributed by atoms with van der Waals surface area (Å²) in [6, 6.07) is 29.1. The van der Waals surface area contributed by atoms with Crippen LogP contribution in [0.2, 0.25) is 0 Å². The van der Waals surface area contributed by atoms with Gasteiger partial charge in [-0.25, -0.2) is 0 Å². The Morgan fingerprint density at radius 1 is 0.792 bits per heavy atom. The van der Waals surface area contributed by atoms with Crippen molar-refractivity contribution < 1.29 is 24.0 Å². The van der Waals surface area contributed by atoms with Crippen molar-refractivity contribution in [2.75, 3.05) is 0 Å². The highest BCUT2D eigenvalue weighted by atomic mass is 16.2. The van der Waals surface area contributed by atoms with Gasteiger partial charge in [0.25, 0.3) is 0 Å². The Balaban J connectivity index is 1.32. The van der Waals surface area contributed by atoms with Gasteiger partial charge in [-0.2, -0.15) is 0 Å². The van der Waals surface area contributed by atoms with Gasteiger partial charge in [-0.05, 0) is 46.4 Å². The van der Waals surface area contributed by atoms with Crippen molar-refractivity contribution in [2.24, 2.45) is 17.8 Å². The molecule has 1 aliphatic rings. The average molecular weight is 643 g/mol. The zero-order valence-electron chi connectivity index (χ0n) is 27.1. The Bertz CT molecular complexity index is 1800. The van der Waals surface area contributed by atoms with E-state index in [1.54, 1.807) is 26.1 Å². The molecule has 4 atom stereocenters. The lowest BCUT2D eigenvalue weighted by Crippen LogP contribution is -2.49. The van der Waals surface area contributed by atoms with E-state index in [1.807, 2.05) is 97.1 Å². The monoisotopic (exact) mass is 642 g/mol. The van der Waals surface area contributed by atoms with E-state index in [2.05, 4.69) is 20.9 Å². The minimum Gasteiger partial charge on any atom is -0.346 e. The number of Topliss-reactive ketones (excluding diaryl/α,β-unsaturated/α-hetero) is 1. The number of aromatic nitrogens is 1. The number of amides is 4. The zero-order valence-corrected chi connectivity index (χ0v) is 27.1. The van der Waals surface area contributed by atoms with Crippen molar-refractivity contribution in [2.45, 2.75) is 39.3 Å². The summed E-state index contributed by atoms with van der Waals surface area (Å²) in [6.45, 7) is 5.04. The molecule has 3 aromatic carbocycles. The van der Waals surface area contributed by atoms with Crippen molar-refractivity contribution in [1.82, 2.24) is 20.9 Å². The lowest BCUT2D eigenvalue weighted by atomic mass is 9.85. The summed E-state index contributed by atoms with van der Waals surface area (Å²) in [7, 11) is 0. The maximum atomic E-state index is 13.5. The van der Waals surface area contributed by atoms with Gasteiger partial charge in [0.05, 0.1) is 30.1 Å². The first-order valence-electron chi connectivity index (χ1n) is 15.9. The van der Waals surface area contributed by atoms with Crippen LogP contribution in [0.25, 0.3) is 28.5 Å². The third-order valence-corrected chi connectivity index (χ3v) is 8.46. The fourth-order valence-electron chi connectivity index (χ4n) is 5.73. The van der Waals surface area contributed by atoms with Crippen molar-refractivity contribution in [3.63, 3.8) is 0 Å². The summed E-state index contributed by atoms with van der Waals surface area (Å²) in [5.41, 5.74) is 5.32. The Kier molecular flexibility index (Phi) is 10.7. The normalized spacial score (nSPS) is 17.2. The first-order valence-corrected chi connectivity index (χ1v) is 15.9. The number of pyridine rings is 1. The molecule has 9 heteroatoms. The minimum atomic E-state index is -1.17.